The molecule has 1 aromatic heterocycles. The minimum atomic E-state index is -0.502. The first-order valence-corrected chi connectivity index (χ1v) is 11.5. The average molecular weight is 475 g/mol. The topological polar surface area (TPSA) is 56.8 Å². The highest BCUT2D eigenvalue weighted by Gasteiger charge is 2.38. The molecule has 2 heterocycles. The number of aryl methyl sites for hydroxylation is 1. The van der Waals surface area contributed by atoms with Gasteiger partial charge in [0.2, 0.25) is 11.8 Å². The monoisotopic (exact) mass is 474 g/mol. The van der Waals surface area contributed by atoms with Crippen molar-refractivity contribution in [2.75, 3.05) is 43.5 Å². The summed E-state index contributed by atoms with van der Waals surface area (Å²) in [6, 6.07) is 9.49. The summed E-state index contributed by atoms with van der Waals surface area (Å²) in [5.41, 5.74) is 2.37. The molecule has 2 amide bonds. The van der Waals surface area contributed by atoms with Gasteiger partial charge in [0.15, 0.2) is 5.13 Å². The standard InChI is InChI=1S/C23H24ClFN4O2S/c1-14-4-9-18(24)21-20(14)26-23(32-21)28(11-10-27(2)3)22(31)15-12-19(30)29(13-15)17-7-5-16(25)6-8-17/h4-9,15H,10-13H2,1-3H3. The number of hydrogen-bond acceptors (Lipinski definition) is 5. The molecule has 2 aromatic carbocycles. The second kappa shape index (κ2) is 9.13. The molecule has 0 aliphatic carbocycles. The number of hydrogen-bond donors (Lipinski definition) is 0. The van der Waals surface area contributed by atoms with Crippen LogP contribution in [0.4, 0.5) is 15.2 Å². The third-order valence-corrected chi connectivity index (χ3v) is 7.10. The second-order valence-corrected chi connectivity index (χ2v) is 9.60. The van der Waals surface area contributed by atoms with Gasteiger partial charge in [0.05, 0.1) is 21.2 Å². The van der Waals surface area contributed by atoms with Gasteiger partial charge in [-0.3, -0.25) is 14.5 Å². The summed E-state index contributed by atoms with van der Waals surface area (Å²) in [5.74, 6) is -1.16. The minimum absolute atomic E-state index is 0.110. The zero-order valence-electron chi connectivity index (χ0n) is 18.1. The first kappa shape index (κ1) is 22.6. The molecule has 1 unspecified atom stereocenters. The zero-order chi connectivity index (χ0) is 23.0. The van der Waals surface area contributed by atoms with Crippen LogP contribution in [0.25, 0.3) is 10.2 Å². The number of amides is 2. The Hall–Kier alpha value is -2.55. The molecular formula is C23H24ClFN4O2S. The highest BCUT2D eigenvalue weighted by Crippen LogP contribution is 2.37. The van der Waals surface area contributed by atoms with E-state index in [1.807, 2.05) is 38.1 Å². The molecular weight excluding hydrogens is 451 g/mol. The molecule has 0 saturated carbocycles. The zero-order valence-corrected chi connectivity index (χ0v) is 19.7. The Morgan fingerprint density at radius 3 is 2.59 bits per heavy atom. The van der Waals surface area contributed by atoms with Crippen molar-refractivity contribution in [2.45, 2.75) is 13.3 Å². The maximum Gasteiger partial charge on any atom is 0.234 e. The summed E-state index contributed by atoms with van der Waals surface area (Å²) in [4.78, 5) is 36.2. The molecule has 0 spiro atoms. The smallest absolute Gasteiger partial charge is 0.234 e. The van der Waals surface area contributed by atoms with Crippen LogP contribution < -0.4 is 9.80 Å². The Labute approximate surface area is 195 Å². The Balaban J connectivity index is 1.63. The molecule has 1 aliphatic heterocycles. The molecule has 4 rings (SSSR count). The molecule has 0 bridgehead atoms. The third-order valence-electron chi connectivity index (χ3n) is 5.57. The van der Waals surface area contributed by atoms with Crippen LogP contribution in [0.3, 0.4) is 0 Å². The fourth-order valence-electron chi connectivity index (χ4n) is 3.77. The van der Waals surface area contributed by atoms with Crippen LogP contribution in [-0.2, 0) is 9.59 Å². The molecule has 32 heavy (non-hydrogen) atoms. The number of nitrogens with zero attached hydrogens (tertiary/aromatic N) is 4. The number of benzene rings is 2. The maximum absolute atomic E-state index is 13.6. The van der Waals surface area contributed by atoms with Crippen molar-refractivity contribution in [3.05, 3.63) is 52.8 Å². The van der Waals surface area contributed by atoms with E-state index in [1.54, 1.807) is 21.9 Å². The lowest BCUT2D eigenvalue weighted by Gasteiger charge is -2.24. The van der Waals surface area contributed by atoms with E-state index in [4.69, 9.17) is 16.6 Å². The van der Waals surface area contributed by atoms with Crippen LogP contribution in [-0.4, -0.2) is 55.4 Å². The van der Waals surface area contributed by atoms with Gasteiger partial charge in [-0.15, -0.1) is 0 Å². The number of carbonyl (C=O) groups excluding carboxylic acids is 2. The Morgan fingerprint density at radius 2 is 1.94 bits per heavy atom. The van der Waals surface area contributed by atoms with E-state index in [9.17, 15) is 14.0 Å². The van der Waals surface area contributed by atoms with E-state index in [-0.39, 0.29) is 30.6 Å². The van der Waals surface area contributed by atoms with Crippen LogP contribution >= 0.6 is 22.9 Å². The predicted octanol–water partition coefficient (Wildman–Crippen LogP) is 4.34. The number of rotatable bonds is 6. The average Bonchev–Trinajstić information content (AvgIpc) is 3.36. The lowest BCUT2D eigenvalue weighted by molar-refractivity contribution is -0.124. The maximum atomic E-state index is 13.6. The van der Waals surface area contributed by atoms with E-state index in [2.05, 4.69) is 0 Å². The van der Waals surface area contributed by atoms with Gasteiger partial charge in [0, 0.05) is 31.7 Å². The molecule has 168 valence electrons. The fourth-order valence-corrected chi connectivity index (χ4v) is 5.12. The first-order valence-electron chi connectivity index (χ1n) is 10.3. The van der Waals surface area contributed by atoms with Crippen LogP contribution in [0.15, 0.2) is 36.4 Å². The van der Waals surface area contributed by atoms with Gasteiger partial charge in [0.25, 0.3) is 0 Å². The first-order chi connectivity index (χ1) is 15.2. The normalized spacial score (nSPS) is 16.4. The highest BCUT2D eigenvalue weighted by atomic mass is 35.5. The number of carbonyl (C=O) groups is 2. The lowest BCUT2D eigenvalue weighted by atomic mass is 10.1. The van der Waals surface area contributed by atoms with Gasteiger partial charge in [0.1, 0.15) is 5.82 Å². The summed E-state index contributed by atoms with van der Waals surface area (Å²) >= 11 is 7.77. The van der Waals surface area contributed by atoms with Crippen molar-refractivity contribution >= 4 is 55.8 Å². The molecule has 1 atom stereocenters. The van der Waals surface area contributed by atoms with E-state index in [0.29, 0.717) is 28.9 Å². The molecule has 1 saturated heterocycles. The molecule has 0 radical (unpaired) electrons. The van der Waals surface area contributed by atoms with Crippen molar-refractivity contribution in [3.63, 3.8) is 0 Å². The van der Waals surface area contributed by atoms with Crippen molar-refractivity contribution < 1.29 is 14.0 Å². The van der Waals surface area contributed by atoms with Crippen molar-refractivity contribution in [3.8, 4) is 0 Å². The lowest BCUT2D eigenvalue weighted by Crippen LogP contribution is -2.41. The van der Waals surface area contributed by atoms with E-state index in [1.165, 1.54) is 23.5 Å². The van der Waals surface area contributed by atoms with Gasteiger partial charge >= 0.3 is 0 Å². The fraction of sp³-hybridized carbons (Fsp3) is 0.348. The van der Waals surface area contributed by atoms with Crippen LogP contribution in [0, 0.1) is 18.7 Å². The van der Waals surface area contributed by atoms with Crippen molar-refractivity contribution in [1.29, 1.82) is 0 Å². The third kappa shape index (κ3) is 4.48. The van der Waals surface area contributed by atoms with Gasteiger partial charge in [-0.25, -0.2) is 9.37 Å². The van der Waals surface area contributed by atoms with Crippen molar-refractivity contribution in [1.82, 2.24) is 9.88 Å². The number of halogens is 2. The number of thiazole rings is 1. The Morgan fingerprint density at radius 1 is 1.22 bits per heavy atom. The van der Waals surface area contributed by atoms with Crippen LogP contribution in [0.2, 0.25) is 5.02 Å². The summed E-state index contributed by atoms with van der Waals surface area (Å²) in [6.45, 7) is 3.32. The molecule has 1 fully saturated rings. The molecule has 9 heteroatoms. The molecule has 3 aromatic rings. The summed E-state index contributed by atoms with van der Waals surface area (Å²) in [5, 5.41) is 1.18. The highest BCUT2D eigenvalue weighted by molar-refractivity contribution is 7.23. The predicted molar refractivity (Wildman–Crippen MR) is 127 cm³/mol. The number of likely N-dealkylation sites (N-methyl/N-ethyl adjacent to an activating group) is 1. The Bertz CT molecular complexity index is 1130. The van der Waals surface area contributed by atoms with Crippen LogP contribution in [0.5, 0.6) is 0 Å². The number of fused-ring (bicyclic) bond motifs is 1. The SMILES string of the molecule is Cc1ccc(Cl)c2sc(N(CCN(C)C)C(=O)C3CC(=O)N(c4ccc(F)cc4)C3)nc12. The Kier molecular flexibility index (Phi) is 6.46. The minimum Gasteiger partial charge on any atom is -0.312 e. The van der Waals surface area contributed by atoms with Crippen molar-refractivity contribution in [2.24, 2.45) is 5.92 Å². The molecule has 1 aliphatic rings. The van der Waals surface area contributed by atoms with E-state index >= 15 is 0 Å². The number of anilines is 2. The largest absolute Gasteiger partial charge is 0.312 e. The molecule has 0 N–H and O–H groups in total. The summed E-state index contributed by atoms with van der Waals surface area (Å²) in [7, 11) is 3.88. The van der Waals surface area contributed by atoms with Gasteiger partial charge < -0.3 is 9.80 Å². The van der Waals surface area contributed by atoms with Gasteiger partial charge in [-0.2, -0.15) is 0 Å². The quantitative estimate of drug-likeness (QED) is 0.533. The second-order valence-electron chi connectivity index (χ2n) is 8.21. The van der Waals surface area contributed by atoms with Gasteiger partial charge in [-0.1, -0.05) is 29.0 Å². The summed E-state index contributed by atoms with van der Waals surface area (Å²) in [6.07, 6.45) is 0.110. The van der Waals surface area contributed by atoms with Crippen LogP contribution in [0.1, 0.15) is 12.0 Å². The van der Waals surface area contributed by atoms with Gasteiger partial charge in [-0.05, 0) is 56.9 Å². The molecule has 6 nitrogen and oxygen atoms in total. The summed E-state index contributed by atoms with van der Waals surface area (Å²) < 4.78 is 14.1. The van der Waals surface area contributed by atoms with E-state index in [0.717, 1.165) is 15.8 Å². The van der Waals surface area contributed by atoms with E-state index < -0.39 is 5.92 Å². The number of aromatic nitrogens is 1.